The topological polar surface area (TPSA) is 87.7 Å². The van der Waals surface area contributed by atoms with E-state index in [9.17, 15) is 14.4 Å². The molecule has 0 saturated carbocycles. The molecule has 0 spiro atoms. The van der Waals surface area contributed by atoms with Crippen molar-refractivity contribution in [3.05, 3.63) is 70.8 Å². The lowest BCUT2D eigenvalue weighted by atomic mass is 9.95. The van der Waals surface area contributed by atoms with Gasteiger partial charge in [-0.2, -0.15) is 0 Å². The van der Waals surface area contributed by atoms with Gasteiger partial charge in [0.15, 0.2) is 0 Å². The van der Waals surface area contributed by atoms with E-state index in [0.29, 0.717) is 13.0 Å². The van der Waals surface area contributed by atoms with Gasteiger partial charge < -0.3 is 20.3 Å². The van der Waals surface area contributed by atoms with Gasteiger partial charge in [0.1, 0.15) is 17.7 Å². The number of amides is 3. The molecular formula is C30H43N3O4. The van der Waals surface area contributed by atoms with E-state index in [1.165, 1.54) is 0 Å². The average Bonchev–Trinajstić information content (AvgIpc) is 2.78. The van der Waals surface area contributed by atoms with Crippen LogP contribution in [0.15, 0.2) is 48.5 Å². The van der Waals surface area contributed by atoms with Gasteiger partial charge in [0.05, 0.1) is 0 Å². The van der Waals surface area contributed by atoms with Crippen LogP contribution in [0.3, 0.4) is 0 Å². The molecule has 202 valence electrons. The maximum atomic E-state index is 14.2. The van der Waals surface area contributed by atoms with Gasteiger partial charge in [0.2, 0.25) is 11.8 Å². The Morgan fingerprint density at radius 1 is 0.973 bits per heavy atom. The summed E-state index contributed by atoms with van der Waals surface area (Å²) in [6, 6.07) is 13.5. The molecule has 3 amide bonds. The highest BCUT2D eigenvalue weighted by Gasteiger charge is 2.36. The second-order valence-corrected chi connectivity index (χ2v) is 10.8. The molecule has 0 heterocycles. The van der Waals surface area contributed by atoms with Crippen LogP contribution in [0.25, 0.3) is 0 Å². The summed E-state index contributed by atoms with van der Waals surface area (Å²) in [4.78, 5) is 42.2. The Morgan fingerprint density at radius 2 is 1.62 bits per heavy atom. The maximum absolute atomic E-state index is 14.2. The number of alkyl carbamates (subject to hydrolysis) is 1. The van der Waals surface area contributed by atoms with E-state index in [4.69, 9.17) is 4.74 Å². The summed E-state index contributed by atoms with van der Waals surface area (Å²) in [5.74, 6) is -0.583. The summed E-state index contributed by atoms with van der Waals surface area (Å²) in [6.45, 7) is 15.4. The molecule has 0 bridgehead atoms. The normalized spacial score (nSPS) is 13.0. The lowest BCUT2D eigenvalue weighted by Crippen LogP contribution is -2.54. The summed E-state index contributed by atoms with van der Waals surface area (Å²) in [7, 11) is 0. The molecule has 7 nitrogen and oxygen atoms in total. The zero-order chi connectivity index (χ0) is 27.8. The van der Waals surface area contributed by atoms with Crippen LogP contribution in [-0.2, 0) is 20.7 Å². The molecule has 0 aliphatic rings. The highest BCUT2D eigenvalue weighted by atomic mass is 16.6. The summed E-state index contributed by atoms with van der Waals surface area (Å²) in [5, 5.41) is 5.78. The number of carbonyl (C=O) groups excluding carboxylic acids is 3. The number of benzene rings is 2. The third-order valence-electron chi connectivity index (χ3n) is 5.73. The number of hydrogen-bond donors (Lipinski definition) is 2. The summed E-state index contributed by atoms with van der Waals surface area (Å²) in [6.07, 6.45) is 0.241. The fourth-order valence-corrected chi connectivity index (χ4v) is 4.25. The van der Waals surface area contributed by atoms with Gasteiger partial charge in [-0.3, -0.25) is 9.59 Å². The van der Waals surface area contributed by atoms with Crippen LogP contribution in [0.2, 0.25) is 0 Å². The van der Waals surface area contributed by atoms with Crippen LogP contribution in [0, 0.1) is 13.8 Å². The molecular weight excluding hydrogens is 466 g/mol. The van der Waals surface area contributed by atoms with Crippen molar-refractivity contribution in [3.8, 4) is 0 Å². The molecule has 0 aliphatic heterocycles. The van der Waals surface area contributed by atoms with Crippen LogP contribution in [-0.4, -0.2) is 47.0 Å². The van der Waals surface area contributed by atoms with Crippen molar-refractivity contribution in [2.45, 2.75) is 92.0 Å². The number of carbonyl (C=O) groups is 3. The predicted molar refractivity (Wildman–Crippen MR) is 147 cm³/mol. The van der Waals surface area contributed by atoms with Crippen LogP contribution >= 0.6 is 0 Å². The molecule has 7 heteroatoms. The number of rotatable bonds is 10. The molecule has 2 aromatic carbocycles. The van der Waals surface area contributed by atoms with Crippen molar-refractivity contribution < 1.29 is 19.1 Å². The molecule has 0 aliphatic carbocycles. The van der Waals surface area contributed by atoms with Gasteiger partial charge in [0, 0.05) is 19.0 Å². The Morgan fingerprint density at radius 3 is 2.16 bits per heavy atom. The number of hydrogen-bond acceptors (Lipinski definition) is 4. The van der Waals surface area contributed by atoms with E-state index in [1.807, 2.05) is 83.1 Å². The molecule has 2 N–H and O–H groups in total. The number of ether oxygens (including phenoxy) is 1. The molecule has 2 unspecified atom stereocenters. The Balaban J connectivity index is 2.54. The van der Waals surface area contributed by atoms with Crippen molar-refractivity contribution in [2.24, 2.45) is 0 Å². The predicted octanol–water partition coefficient (Wildman–Crippen LogP) is 5.24. The number of nitrogens with one attached hydrogen (secondary N) is 2. The molecule has 0 radical (unpaired) electrons. The second kappa shape index (κ2) is 13.3. The quantitative estimate of drug-likeness (QED) is 0.458. The Bertz CT molecular complexity index is 1060. The zero-order valence-corrected chi connectivity index (χ0v) is 23.6. The SMILES string of the molecule is CCCN(C(=O)C(Cc1ccccc1)NC(=O)OC(C)(C)C)C(C(=O)NC(C)C)c1ccc(C)cc1C. The minimum atomic E-state index is -0.913. The van der Waals surface area contributed by atoms with E-state index < -0.39 is 23.8 Å². The number of aryl methyl sites for hydroxylation is 2. The van der Waals surface area contributed by atoms with Gasteiger partial charge in [-0.05, 0) is 71.6 Å². The summed E-state index contributed by atoms with van der Waals surface area (Å²) < 4.78 is 5.47. The highest BCUT2D eigenvalue weighted by Crippen LogP contribution is 2.27. The molecule has 0 fully saturated rings. The van der Waals surface area contributed by atoms with Crippen LogP contribution in [0.1, 0.15) is 76.3 Å². The maximum Gasteiger partial charge on any atom is 0.408 e. The van der Waals surface area contributed by atoms with Gasteiger partial charge in [0.25, 0.3) is 0 Å². The Labute approximate surface area is 222 Å². The number of nitrogens with zero attached hydrogens (tertiary/aromatic N) is 1. The van der Waals surface area contributed by atoms with Crippen molar-refractivity contribution in [1.29, 1.82) is 0 Å². The van der Waals surface area contributed by atoms with E-state index in [2.05, 4.69) is 10.6 Å². The van der Waals surface area contributed by atoms with Crippen LogP contribution in [0.5, 0.6) is 0 Å². The smallest absolute Gasteiger partial charge is 0.408 e. The van der Waals surface area contributed by atoms with E-state index >= 15 is 0 Å². The zero-order valence-electron chi connectivity index (χ0n) is 23.6. The third-order valence-corrected chi connectivity index (χ3v) is 5.73. The first-order chi connectivity index (χ1) is 17.3. The van der Waals surface area contributed by atoms with Gasteiger partial charge in [-0.15, -0.1) is 0 Å². The van der Waals surface area contributed by atoms with Crippen molar-refractivity contribution in [2.75, 3.05) is 6.54 Å². The summed E-state index contributed by atoms with van der Waals surface area (Å²) in [5.41, 5.74) is 2.94. The first-order valence-corrected chi connectivity index (χ1v) is 13.0. The molecule has 0 saturated heterocycles. The minimum Gasteiger partial charge on any atom is -0.444 e. The monoisotopic (exact) mass is 509 g/mol. The Hall–Kier alpha value is -3.35. The van der Waals surface area contributed by atoms with E-state index in [-0.39, 0.29) is 24.3 Å². The minimum absolute atomic E-state index is 0.0978. The average molecular weight is 510 g/mol. The van der Waals surface area contributed by atoms with Gasteiger partial charge in [-0.1, -0.05) is 61.0 Å². The lowest BCUT2D eigenvalue weighted by molar-refractivity contribution is -0.142. The molecule has 2 aromatic rings. The van der Waals surface area contributed by atoms with Gasteiger partial charge >= 0.3 is 6.09 Å². The van der Waals surface area contributed by atoms with Crippen LogP contribution in [0.4, 0.5) is 4.79 Å². The Kier molecular flexibility index (Phi) is 10.7. The molecule has 2 atom stereocenters. The second-order valence-electron chi connectivity index (χ2n) is 10.8. The van der Waals surface area contributed by atoms with Crippen molar-refractivity contribution >= 4 is 17.9 Å². The van der Waals surface area contributed by atoms with Crippen LogP contribution < -0.4 is 10.6 Å². The fourth-order valence-electron chi connectivity index (χ4n) is 4.25. The largest absolute Gasteiger partial charge is 0.444 e. The third kappa shape index (κ3) is 9.23. The van der Waals surface area contributed by atoms with E-state index in [0.717, 1.165) is 22.3 Å². The molecule has 37 heavy (non-hydrogen) atoms. The highest BCUT2D eigenvalue weighted by molar-refractivity contribution is 5.92. The standard InChI is InChI=1S/C30H43N3O4/c1-9-17-33(26(27(34)31-20(2)3)24-16-15-21(4)18-22(24)5)28(35)25(19-23-13-11-10-12-14-23)32-29(36)37-30(6,7)8/h10-16,18,20,25-26H,9,17,19H2,1-8H3,(H,31,34)(H,32,36). The summed E-state index contributed by atoms with van der Waals surface area (Å²) >= 11 is 0. The first kappa shape index (κ1) is 29.9. The first-order valence-electron chi connectivity index (χ1n) is 13.0. The van der Waals surface area contributed by atoms with Crippen molar-refractivity contribution in [3.63, 3.8) is 0 Å². The fraction of sp³-hybridized carbons (Fsp3) is 0.500. The van der Waals surface area contributed by atoms with Gasteiger partial charge in [-0.25, -0.2) is 4.79 Å². The lowest BCUT2D eigenvalue weighted by Gasteiger charge is -2.35. The van der Waals surface area contributed by atoms with Crippen molar-refractivity contribution in [1.82, 2.24) is 15.5 Å². The van der Waals surface area contributed by atoms with E-state index in [1.54, 1.807) is 25.7 Å². The molecule has 0 aromatic heterocycles. The molecule has 2 rings (SSSR count).